The van der Waals surface area contributed by atoms with Crippen LogP contribution in [0.1, 0.15) is 11.1 Å². The molecule has 0 aliphatic heterocycles. The van der Waals surface area contributed by atoms with Gasteiger partial charge in [0, 0.05) is 6.42 Å². The van der Waals surface area contributed by atoms with E-state index in [1.54, 1.807) is 36.4 Å². The first-order valence-electron chi connectivity index (χ1n) is 7.66. The number of hydrogen-bond donors (Lipinski definition) is 2. The van der Waals surface area contributed by atoms with Crippen LogP contribution in [0.4, 0.5) is 0 Å². The maximum absolute atomic E-state index is 11.9. The number of carboxylic acid groups (broad SMARTS) is 2. The molecule has 2 N–H and O–H groups in total. The zero-order valence-corrected chi connectivity index (χ0v) is 15.1. The van der Waals surface area contributed by atoms with Crippen LogP contribution in [-0.2, 0) is 16.0 Å². The van der Waals surface area contributed by atoms with E-state index in [-0.39, 0.29) is 23.1 Å². The van der Waals surface area contributed by atoms with Gasteiger partial charge in [-0.3, -0.25) is 0 Å². The average molecular weight is 398 g/mol. The molecule has 0 saturated heterocycles. The van der Waals surface area contributed by atoms with Crippen molar-refractivity contribution in [2.75, 3.05) is 0 Å². The molecule has 2 aromatic carbocycles. The van der Waals surface area contributed by atoms with Crippen LogP contribution in [0.25, 0.3) is 27.6 Å². The van der Waals surface area contributed by atoms with E-state index in [2.05, 4.69) is 17.5 Å². The van der Waals surface area contributed by atoms with Gasteiger partial charge in [-0.15, -0.1) is 0 Å². The van der Waals surface area contributed by atoms with Crippen molar-refractivity contribution in [3.63, 3.8) is 0 Å². The number of benzene rings is 2. The highest BCUT2D eigenvalue weighted by molar-refractivity contribution is 7.00. The van der Waals surface area contributed by atoms with Crippen molar-refractivity contribution >= 4 is 63.0 Å². The molecule has 10 heteroatoms. The summed E-state index contributed by atoms with van der Waals surface area (Å²) in [6.07, 6.45) is -0.0578. The largest absolute Gasteiger partial charge is 0.478 e. The van der Waals surface area contributed by atoms with E-state index < -0.39 is 11.9 Å². The van der Waals surface area contributed by atoms with Crippen molar-refractivity contribution in [1.29, 1.82) is 0 Å². The number of fused-ring (bicyclic) bond motifs is 2. The van der Waals surface area contributed by atoms with E-state index in [4.69, 9.17) is 0 Å². The Morgan fingerprint density at radius 3 is 2.00 bits per heavy atom. The maximum atomic E-state index is 11.9. The van der Waals surface area contributed by atoms with Crippen LogP contribution in [0.5, 0.6) is 0 Å². The molecule has 8 nitrogen and oxygen atoms in total. The zero-order chi connectivity index (χ0) is 19.0. The Hall–Kier alpha value is -3.24. The third kappa shape index (κ3) is 3.27. The van der Waals surface area contributed by atoms with Gasteiger partial charge in [0.05, 0.1) is 34.6 Å². The lowest BCUT2D eigenvalue weighted by Gasteiger charge is -2.10. The molecular weight excluding hydrogens is 388 g/mol. The highest BCUT2D eigenvalue weighted by atomic mass is 32.1. The summed E-state index contributed by atoms with van der Waals surface area (Å²) in [4.78, 5) is 23.8. The molecule has 134 valence electrons. The predicted molar refractivity (Wildman–Crippen MR) is 101 cm³/mol. The van der Waals surface area contributed by atoms with Gasteiger partial charge in [-0.05, 0) is 35.4 Å². The standard InChI is InChI=1S/C17H10N4O4S2/c22-16(23)10(5-8-1-3-11-13(6-8)20-26-18-11)15(17(24)25)9-2-4-12-14(7-9)21-27-19-12/h1-4,6-7H,5H2,(H,22,23)(H,24,25)/b15-10-. The lowest BCUT2D eigenvalue weighted by molar-refractivity contribution is -0.134. The number of hydrogen-bond acceptors (Lipinski definition) is 8. The van der Waals surface area contributed by atoms with E-state index in [1.165, 1.54) is 0 Å². The Morgan fingerprint density at radius 2 is 1.37 bits per heavy atom. The van der Waals surface area contributed by atoms with E-state index >= 15 is 0 Å². The van der Waals surface area contributed by atoms with Crippen LogP contribution in [0, 0.1) is 0 Å². The number of nitrogens with zero attached hydrogens (tertiary/aromatic N) is 4. The van der Waals surface area contributed by atoms with Crippen molar-refractivity contribution in [2.45, 2.75) is 6.42 Å². The van der Waals surface area contributed by atoms with Gasteiger partial charge in [0.15, 0.2) is 0 Å². The second-order valence-electron chi connectivity index (χ2n) is 5.70. The molecule has 0 amide bonds. The van der Waals surface area contributed by atoms with Crippen molar-refractivity contribution < 1.29 is 19.8 Å². The molecule has 0 unspecified atom stereocenters. The molecule has 0 fully saturated rings. The van der Waals surface area contributed by atoms with Gasteiger partial charge in [0.2, 0.25) is 0 Å². The third-order valence-corrected chi connectivity index (χ3v) is 5.13. The Bertz CT molecular complexity index is 1230. The summed E-state index contributed by atoms with van der Waals surface area (Å²) in [5.41, 5.74) is 2.95. The number of carbonyl (C=O) groups is 2. The monoisotopic (exact) mass is 398 g/mol. The molecule has 0 spiro atoms. The van der Waals surface area contributed by atoms with Gasteiger partial charge in [-0.25, -0.2) is 9.59 Å². The maximum Gasteiger partial charge on any atom is 0.336 e. The lowest BCUT2D eigenvalue weighted by atomic mass is 9.94. The number of aromatic nitrogens is 4. The SMILES string of the molecule is O=C(O)/C(Cc1ccc2nsnc2c1)=C(\C(=O)O)c1ccc2nsnc2c1. The normalized spacial score (nSPS) is 12.3. The summed E-state index contributed by atoms with van der Waals surface area (Å²) in [6, 6.07) is 9.89. The first-order valence-corrected chi connectivity index (χ1v) is 9.12. The molecule has 0 aliphatic rings. The van der Waals surface area contributed by atoms with Gasteiger partial charge < -0.3 is 10.2 Å². The zero-order valence-electron chi connectivity index (χ0n) is 13.5. The van der Waals surface area contributed by atoms with Gasteiger partial charge in [-0.2, -0.15) is 17.5 Å². The van der Waals surface area contributed by atoms with E-state index in [1.807, 2.05) is 0 Å². The molecule has 4 rings (SSSR count). The molecule has 4 aromatic rings. The summed E-state index contributed by atoms with van der Waals surface area (Å²) in [5.74, 6) is -2.60. The minimum atomic E-state index is -1.31. The first-order chi connectivity index (χ1) is 13.0. The van der Waals surface area contributed by atoms with Gasteiger partial charge in [0.25, 0.3) is 0 Å². The molecule has 0 radical (unpaired) electrons. The summed E-state index contributed by atoms with van der Waals surface area (Å²) in [6.45, 7) is 0. The van der Waals surface area contributed by atoms with Crippen LogP contribution in [0.15, 0.2) is 42.0 Å². The summed E-state index contributed by atoms with van der Waals surface area (Å²) < 4.78 is 16.4. The summed E-state index contributed by atoms with van der Waals surface area (Å²) in [7, 11) is 0. The Morgan fingerprint density at radius 1 is 0.778 bits per heavy atom. The molecule has 27 heavy (non-hydrogen) atoms. The summed E-state index contributed by atoms with van der Waals surface area (Å²) in [5, 5.41) is 19.4. The van der Waals surface area contributed by atoms with Crippen molar-refractivity contribution in [2.24, 2.45) is 0 Å². The van der Waals surface area contributed by atoms with Crippen molar-refractivity contribution in [3.05, 3.63) is 53.1 Å². The quantitative estimate of drug-likeness (QED) is 0.492. The van der Waals surface area contributed by atoms with Gasteiger partial charge >= 0.3 is 11.9 Å². The minimum absolute atomic E-state index is 0.0578. The Labute approximate surface area is 160 Å². The average Bonchev–Trinajstić information content (AvgIpc) is 3.28. The van der Waals surface area contributed by atoms with E-state index in [0.717, 1.165) is 23.5 Å². The van der Waals surface area contributed by atoms with Crippen LogP contribution in [-0.4, -0.2) is 39.6 Å². The smallest absolute Gasteiger partial charge is 0.336 e. The lowest BCUT2D eigenvalue weighted by Crippen LogP contribution is -2.13. The van der Waals surface area contributed by atoms with Crippen molar-refractivity contribution in [1.82, 2.24) is 17.5 Å². The highest BCUT2D eigenvalue weighted by Crippen LogP contribution is 2.26. The van der Waals surface area contributed by atoms with E-state index in [9.17, 15) is 19.8 Å². The molecule has 0 bridgehead atoms. The Balaban J connectivity index is 1.84. The fourth-order valence-corrected chi connectivity index (χ4v) is 3.81. The minimum Gasteiger partial charge on any atom is -0.478 e. The van der Waals surface area contributed by atoms with Crippen molar-refractivity contribution in [3.8, 4) is 0 Å². The fourth-order valence-electron chi connectivity index (χ4n) is 2.78. The summed E-state index contributed by atoms with van der Waals surface area (Å²) >= 11 is 2.07. The molecule has 2 heterocycles. The highest BCUT2D eigenvalue weighted by Gasteiger charge is 2.23. The number of carboxylic acids is 2. The first kappa shape index (κ1) is 17.2. The Kier molecular flexibility index (Phi) is 4.34. The molecule has 0 aliphatic carbocycles. The predicted octanol–water partition coefficient (Wildman–Crippen LogP) is 2.86. The van der Waals surface area contributed by atoms with Crippen LogP contribution in [0.3, 0.4) is 0 Å². The molecule has 0 atom stereocenters. The number of rotatable bonds is 5. The van der Waals surface area contributed by atoms with Gasteiger partial charge in [-0.1, -0.05) is 12.1 Å². The third-order valence-electron chi connectivity index (χ3n) is 4.02. The second kappa shape index (κ2) is 6.82. The molecule has 2 aromatic heterocycles. The van der Waals surface area contributed by atoms with Crippen LogP contribution >= 0.6 is 23.5 Å². The fraction of sp³-hybridized carbons (Fsp3) is 0.0588. The van der Waals surface area contributed by atoms with Crippen LogP contribution in [0.2, 0.25) is 0 Å². The topological polar surface area (TPSA) is 126 Å². The number of aliphatic carboxylic acids is 2. The van der Waals surface area contributed by atoms with E-state index in [0.29, 0.717) is 27.6 Å². The van der Waals surface area contributed by atoms with Gasteiger partial charge in [0.1, 0.15) is 22.1 Å². The van der Waals surface area contributed by atoms with Crippen LogP contribution < -0.4 is 0 Å². The second-order valence-corrected chi connectivity index (χ2v) is 6.75. The molecule has 0 saturated carbocycles. The molecular formula is C17H10N4O4S2.